The summed E-state index contributed by atoms with van der Waals surface area (Å²) in [5.41, 5.74) is 0. The van der Waals surface area contributed by atoms with E-state index in [2.05, 4.69) is 12.2 Å². The van der Waals surface area contributed by atoms with Gasteiger partial charge in [-0.05, 0) is 25.8 Å². The summed E-state index contributed by atoms with van der Waals surface area (Å²) >= 11 is 0. The van der Waals surface area contributed by atoms with Gasteiger partial charge >= 0.3 is 5.97 Å². The molecule has 1 N–H and O–H groups in total. The van der Waals surface area contributed by atoms with Crippen molar-refractivity contribution in [2.45, 2.75) is 116 Å². The highest BCUT2D eigenvalue weighted by molar-refractivity contribution is 5.69. The van der Waals surface area contributed by atoms with Crippen molar-refractivity contribution in [1.29, 1.82) is 0 Å². The Morgan fingerprint density at radius 1 is 0.870 bits per heavy atom. The first-order valence-electron chi connectivity index (χ1n) is 10.3. The normalized spacial score (nSPS) is 17.5. The first kappa shape index (κ1) is 20.5. The lowest BCUT2D eigenvalue weighted by molar-refractivity contribution is -0.149. The number of esters is 1. The van der Waals surface area contributed by atoms with Crippen molar-refractivity contribution in [3.63, 3.8) is 0 Å². The molecular weight excluding hydrogens is 286 g/mol. The van der Waals surface area contributed by atoms with E-state index in [4.69, 9.17) is 4.74 Å². The fraction of sp³-hybridized carbons (Fsp3) is 0.950. The Kier molecular flexibility index (Phi) is 13.3. The largest absolute Gasteiger partial charge is 0.447 e. The molecule has 1 aliphatic heterocycles. The number of rotatable bonds is 15. The first-order chi connectivity index (χ1) is 11.3. The third-order valence-corrected chi connectivity index (χ3v) is 4.77. The molecule has 1 aliphatic rings. The maximum Gasteiger partial charge on any atom is 0.307 e. The maximum atomic E-state index is 11.6. The monoisotopic (exact) mass is 325 g/mol. The fourth-order valence-electron chi connectivity index (χ4n) is 3.26. The van der Waals surface area contributed by atoms with E-state index in [1.807, 2.05) is 0 Å². The molecule has 136 valence electrons. The van der Waals surface area contributed by atoms with Gasteiger partial charge in [0.25, 0.3) is 0 Å². The van der Waals surface area contributed by atoms with Gasteiger partial charge in [0.2, 0.25) is 0 Å². The van der Waals surface area contributed by atoms with Gasteiger partial charge in [0.15, 0.2) is 6.23 Å². The molecule has 0 aliphatic carbocycles. The highest BCUT2D eigenvalue weighted by Crippen LogP contribution is 2.13. The summed E-state index contributed by atoms with van der Waals surface area (Å²) in [5.74, 6) is -0.0209. The molecule has 0 aromatic carbocycles. The van der Waals surface area contributed by atoms with E-state index in [1.54, 1.807) is 0 Å². The van der Waals surface area contributed by atoms with Crippen molar-refractivity contribution in [1.82, 2.24) is 5.32 Å². The second-order valence-electron chi connectivity index (χ2n) is 7.07. The Hall–Kier alpha value is -0.570. The van der Waals surface area contributed by atoms with Gasteiger partial charge in [-0.25, -0.2) is 0 Å². The maximum absolute atomic E-state index is 11.6. The van der Waals surface area contributed by atoms with E-state index in [-0.39, 0.29) is 12.2 Å². The van der Waals surface area contributed by atoms with Gasteiger partial charge in [0, 0.05) is 6.42 Å². The van der Waals surface area contributed by atoms with E-state index in [1.165, 1.54) is 77.0 Å². The Morgan fingerprint density at radius 3 is 1.87 bits per heavy atom. The van der Waals surface area contributed by atoms with Crippen molar-refractivity contribution >= 4 is 5.97 Å². The number of unbranched alkanes of at least 4 members (excludes halogenated alkanes) is 12. The average molecular weight is 326 g/mol. The number of nitrogens with one attached hydrogen (secondary N) is 1. The molecule has 1 rings (SSSR count). The summed E-state index contributed by atoms with van der Waals surface area (Å²) in [6.07, 6.45) is 20.1. The zero-order chi connectivity index (χ0) is 16.6. The Bertz CT molecular complexity index is 275. The molecular formula is C20H39NO2. The molecule has 0 bridgehead atoms. The average Bonchev–Trinajstić information content (AvgIpc) is 3.04. The van der Waals surface area contributed by atoms with Crippen LogP contribution in [0.15, 0.2) is 0 Å². The molecule has 3 heteroatoms. The molecule has 0 saturated carbocycles. The van der Waals surface area contributed by atoms with Gasteiger partial charge in [-0.15, -0.1) is 0 Å². The van der Waals surface area contributed by atoms with E-state index in [9.17, 15) is 4.79 Å². The van der Waals surface area contributed by atoms with Gasteiger partial charge in [-0.1, -0.05) is 84.0 Å². The molecule has 1 saturated heterocycles. The molecule has 23 heavy (non-hydrogen) atoms. The van der Waals surface area contributed by atoms with Crippen molar-refractivity contribution < 1.29 is 9.53 Å². The van der Waals surface area contributed by atoms with E-state index in [0.717, 1.165) is 25.8 Å². The third kappa shape index (κ3) is 12.5. The Morgan fingerprint density at radius 2 is 1.39 bits per heavy atom. The van der Waals surface area contributed by atoms with Crippen molar-refractivity contribution in [3.8, 4) is 0 Å². The summed E-state index contributed by atoms with van der Waals surface area (Å²) in [6, 6.07) is 0. The van der Waals surface area contributed by atoms with E-state index in [0.29, 0.717) is 6.42 Å². The minimum Gasteiger partial charge on any atom is -0.447 e. The summed E-state index contributed by atoms with van der Waals surface area (Å²) in [7, 11) is 0. The van der Waals surface area contributed by atoms with Crippen LogP contribution in [-0.2, 0) is 9.53 Å². The van der Waals surface area contributed by atoms with Crippen LogP contribution in [0.3, 0.4) is 0 Å². The van der Waals surface area contributed by atoms with E-state index >= 15 is 0 Å². The molecule has 0 spiro atoms. The predicted molar refractivity (Wildman–Crippen MR) is 97.4 cm³/mol. The first-order valence-corrected chi connectivity index (χ1v) is 10.3. The summed E-state index contributed by atoms with van der Waals surface area (Å²) in [5, 5.41) is 3.19. The molecule has 0 amide bonds. The molecule has 0 aromatic heterocycles. The number of carbonyl (C=O) groups is 1. The van der Waals surface area contributed by atoms with Crippen molar-refractivity contribution in [2.75, 3.05) is 6.54 Å². The second kappa shape index (κ2) is 15.0. The lowest BCUT2D eigenvalue weighted by Crippen LogP contribution is -2.27. The minimum atomic E-state index is -0.0209. The molecule has 1 atom stereocenters. The SMILES string of the molecule is CCCCCCCCCCCCCCCC(=O)OC1CCCN1. The number of carbonyl (C=O) groups excluding carboxylic acids is 1. The minimum absolute atomic E-state index is 0.00975. The van der Waals surface area contributed by atoms with Crippen LogP contribution < -0.4 is 5.32 Å². The Labute approximate surface area is 143 Å². The van der Waals surface area contributed by atoms with E-state index < -0.39 is 0 Å². The highest BCUT2D eigenvalue weighted by atomic mass is 16.6. The molecule has 1 fully saturated rings. The number of ether oxygens (including phenoxy) is 1. The van der Waals surface area contributed by atoms with Crippen LogP contribution in [0.1, 0.15) is 110 Å². The topological polar surface area (TPSA) is 38.3 Å². The lowest BCUT2D eigenvalue weighted by Gasteiger charge is -2.11. The standard InChI is InChI=1S/C20H39NO2/c1-2-3-4-5-6-7-8-9-10-11-12-13-14-17-20(22)23-19-16-15-18-21-19/h19,21H,2-18H2,1H3. The van der Waals surface area contributed by atoms with Crippen LogP contribution in [-0.4, -0.2) is 18.7 Å². The number of hydrogen-bond acceptors (Lipinski definition) is 3. The molecule has 3 nitrogen and oxygen atoms in total. The summed E-state index contributed by atoms with van der Waals surface area (Å²) in [4.78, 5) is 11.6. The van der Waals surface area contributed by atoms with Crippen LogP contribution in [0.2, 0.25) is 0 Å². The highest BCUT2D eigenvalue weighted by Gasteiger charge is 2.17. The van der Waals surface area contributed by atoms with Crippen LogP contribution in [0.25, 0.3) is 0 Å². The molecule has 0 radical (unpaired) electrons. The van der Waals surface area contributed by atoms with Crippen LogP contribution in [0.4, 0.5) is 0 Å². The van der Waals surface area contributed by atoms with Crippen LogP contribution >= 0.6 is 0 Å². The van der Waals surface area contributed by atoms with Crippen molar-refractivity contribution in [3.05, 3.63) is 0 Å². The summed E-state index contributed by atoms with van der Waals surface area (Å²) < 4.78 is 5.37. The molecule has 1 unspecified atom stereocenters. The lowest BCUT2D eigenvalue weighted by atomic mass is 10.0. The second-order valence-corrected chi connectivity index (χ2v) is 7.07. The van der Waals surface area contributed by atoms with Crippen LogP contribution in [0, 0.1) is 0 Å². The van der Waals surface area contributed by atoms with Gasteiger partial charge in [0.05, 0.1) is 0 Å². The van der Waals surface area contributed by atoms with Gasteiger partial charge in [-0.2, -0.15) is 0 Å². The summed E-state index contributed by atoms with van der Waals surface area (Å²) in [6.45, 7) is 3.26. The van der Waals surface area contributed by atoms with Gasteiger partial charge in [0.1, 0.15) is 0 Å². The predicted octanol–water partition coefficient (Wildman–Crippen LogP) is 5.72. The Balaban J connectivity index is 1.73. The van der Waals surface area contributed by atoms with Gasteiger partial charge in [-0.3, -0.25) is 10.1 Å². The molecule has 1 heterocycles. The van der Waals surface area contributed by atoms with Crippen molar-refractivity contribution in [2.24, 2.45) is 0 Å². The smallest absolute Gasteiger partial charge is 0.307 e. The zero-order valence-corrected chi connectivity index (χ0v) is 15.4. The molecule has 0 aromatic rings. The van der Waals surface area contributed by atoms with Crippen LogP contribution in [0.5, 0.6) is 0 Å². The number of hydrogen-bond donors (Lipinski definition) is 1. The quantitative estimate of drug-likeness (QED) is 0.309. The zero-order valence-electron chi connectivity index (χ0n) is 15.4. The fourth-order valence-corrected chi connectivity index (χ4v) is 3.26. The third-order valence-electron chi connectivity index (χ3n) is 4.77. The van der Waals surface area contributed by atoms with Gasteiger partial charge < -0.3 is 4.74 Å².